The van der Waals surface area contributed by atoms with Gasteiger partial charge in [-0.1, -0.05) is 60.7 Å². The molecule has 8 heteroatoms. The van der Waals surface area contributed by atoms with Gasteiger partial charge in [0.25, 0.3) is 0 Å². The van der Waals surface area contributed by atoms with Crippen molar-refractivity contribution in [1.29, 1.82) is 0 Å². The summed E-state index contributed by atoms with van der Waals surface area (Å²) in [6.45, 7) is 2.98. The normalized spacial score (nSPS) is 24.4. The number of aliphatic hydroxyl groups excluding tert-OH is 1. The minimum atomic E-state index is -3.21. The number of carbonyl (C=O) groups excluding carboxylic acids is 1. The van der Waals surface area contributed by atoms with E-state index in [9.17, 15) is 18.3 Å². The number of aliphatic hydroxyl groups is 1. The number of hydrogen-bond donors (Lipinski definition) is 1. The molecule has 0 spiro atoms. The van der Waals surface area contributed by atoms with Gasteiger partial charge in [0.15, 0.2) is 0 Å². The lowest BCUT2D eigenvalue weighted by Gasteiger charge is -2.38. The number of carbonyl (C=O) groups is 1. The predicted octanol–water partition coefficient (Wildman–Crippen LogP) is 3.65. The molecule has 2 fully saturated rings. The van der Waals surface area contributed by atoms with Gasteiger partial charge >= 0.3 is 6.03 Å². The maximum Gasteiger partial charge on any atom is 0.322 e. The van der Waals surface area contributed by atoms with Crippen LogP contribution in [0.5, 0.6) is 0 Å². The molecule has 2 saturated heterocycles. The number of piperidine rings is 1. The summed E-state index contributed by atoms with van der Waals surface area (Å²) < 4.78 is 25.5. The van der Waals surface area contributed by atoms with Gasteiger partial charge in [0, 0.05) is 20.1 Å². The fraction of sp³-hybridized carbons (Fsp3) is 0.500. The average molecular weight is 486 g/mol. The second-order valence-electron chi connectivity index (χ2n) is 9.63. The van der Waals surface area contributed by atoms with Crippen LogP contribution in [0.3, 0.4) is 0 Å². The van der Waals surface area contributed by atoms with E-state index in [4.69, 9.17) is 0 Å². The quantitative estimate of drug-likeness (QED) is 0.649. The summed E-state index contributed by atoms with van der Waals surface area (Å²) in [5, 5.41) is 11.5. The van der Waals surface area contributed by atoms with E-state index in [1.807, 2.05) is 55.5 Å². The second-order valence-corrected chi connectivity index (χ2v) is 11.6. The summed E-state index contributed by atoms with van der Waals surface area (Å²) in [7, 11) is -1.42. The van der Waals surface area contributed by atoms with Crippen molar-refractivity contribution in [3.05, 3.63) is 71.8 Å². The van der Waals surface area contributed by atoms with E-state index in [0.29, 0.717) is 19.5 Å². The van der Waals surface area contributed by atoms with E-state index in [-0.39, 0.29) is 30.0 Å². The average Bonchev–Trinajstić information content (AvgIpc) is 3.07. The minimum absolute atomic E-state index is 0.0170. The van der Waals surface area contributed by atoms with Gasteiger partial charge in [-0.25, -0.2) is 17.5 Å². The fourth-order valence-electron chi connectivity index (χ4n) is 5.57. The smallest absolute Gasteiger partial charge is 0.322 e. The third-order valence-corrected chi connectivity index (χ3v) is 8.88. The SMILES string of the molecule is C[C@H]1[C@@H](c2ccccc2)N(C(O)CC(c2ccccc2)C2CCN(S(C)(=O)=O)CC2)C(=O)N1C. The number of nitrogens with zero attached hydrogens (tertiary/aromatic N) is 3. The number of urea groups is 1. The molecule has 2 aromatic rings. The van der Waals surface area contributed by atoms with Crippen molar-refractivity contribution in [3.63, 3.8) is 0 Å². The molecule has 2 unspecified atom stereocenters. The molecule has 4 atom stereocenters. The molecule has 2 aliphatic heterocycles. The van der Waals surface area contributed by atoms with Gasteiger partial charge in [0.2, 0.25) is 10.0 Å². The molecular formula is C26H35N3O4S. The number of rotatable bonds is 7. The maximum atomic E-state index is 13.2. The van der Waals surface area contributed by atoms with Crippen LogP contribution in [0.4, 0.5) is 4.79 Å². The van der Waals surface area contributed by atoms with Crippen LogP contribution in [-0.2, 0) is 10.0 Å². The summed E-state index contributed by atoms with van der Waals surface area (Å²) in [6.07, 6.45) is 2.16. The van der Waals surface area contributed by atoms with Crippen LogP contribution in [0.25, 0.3) is 0 Å². The lowest BCUT2D eigenvalue weighted by atomic mass is 9.78. The van der Waals surface area contributed by atoms with Crippen molar-refractivity contribution in [2.45, 2.75) is 50.4 Å². The Bertz CT molecular complexity index is 1070. The van der Waals surface area contributed by atoms with Crippen LogP contribution in [-0.4, -0.2) is 72.3 Å². The first-order valence-corrected chi connectivity index (χ1v) is 13.8. The largest absolute Gasteiger partial charge is 0.373 e. The molecule has 0 bridgehead atoms. The molecule has 184 valence electrons. The molecule has 2 aromatic carbocycles. The molecule has 1 N–H and O–H groups in total. The highest BCUT2D eigenvalue weighted by molar-refractivity contribution is 7.88. The Balaban J connectivity index is 1.59. The van der Waals surface area contributed by atoms with Crippen molar-refractivity contribution in [1.82, 2.24) is 14.1 Å². The highest BCUT2D eigenvalue weighted by atomic mass is 32.2. The summed E-state index contributed by atoms with van der Waals surface area (Å²) in [6, 6.07) is 19.5. The van der Waals surface area contributed by atoms with Gasteiger partial charge in [0.05, 0.1) is 18.3 Å². The van der Waals surface area contributed by atoms with Gasteiger partial charge in [-0.3, -0.25) is 4.90 Å². The van der Waals surface area contributed by atoms with Crippen LogP contribution in [0.1, 0.15) is 49.3 Å². The first kappa shape index (κ1) is 24.7. The lowest BCUT2D eigenvalue weighted by Crippen LogP contribution is -2.43. The Hall–Kier alpha value is -2.42. The van der Waals surface area contributed by atoms with Crippen molar-refractivity contribution >= 4 is 16.1 Å². The van der Waals surface area contributed by atoms with Crippen LogP contribution in [0, 0.1) is 5.92 Å². The van der Waals surface area contributed by atoms with Gasteiger partial charge < -0.3 is 10.0 Å². The van der Waals surface area contributed by atoms with E-state index in [0.717, 1.165) is 24.0 Å². The molecule has 0 radical (unpaired) electrons. The third kappa shape index (κ3) is 4.99. The van der Waals surface area contributed by atoms with Crippen molar-refractivity contribution < 1.29 is 18.3 Å². The Labute approximate surface area is 203 Å². The molecule has 2 heterocycles. The van der Waals surface area contributed by atoms with Crippen molar-refractivity contribution in [2.24, 2.45) is 5.92 Å². The number of likely N-dealkylation sites (N-methyl/N-ethyl adjacent to an activating group) is 1. The fourth-order valence-corrected chi connectivity index (χ4v) is 6.45. The highest BCUT2D eigenvalue weighted by Crippen LogP contribution is 2.41. The van der Waals surface area contributed by atoms with Crippen LogP contribution in [0.2, 0.25) is 0 Å². The van der Waals surface area contributed by atoms with E-state index < -0.39 is 16.3 Å². The topological polar surface area (TPSA) is 81.2 Å². The van der Waals surface area contributed by atoms with Crippen LogP contribution < -0.4 is 0 Å². The zero-order valence-corrected chi connectivity index (χ0v) is 20.9. The first-order chi connectivity index (χ1) is 16.2. The highest BCUT2D eigenvalue weighted by Gasteiger charge is 2.46. The molecule has 0 aliphatic carbocycles. The molecule has 0 saturated carbocycles. The second kappa shape index (κ2) is 10.1. The third-order valence-electron chi connectivity index (χ3n) is 7.58. The Morgan fingerprint density at radius 1 is 1.00 bits per heavy atom. The Morgan fingerprint density at radius 2 is 1.56 bits per heavy atom. The zero-order chi connectivity index (χ0) is 24.5. The molecule has 7 nitrogen and oxygen atoms in total. The summed E-state index contributed by atoms with van der Waals surface area (Å²) in [5.41, 5.74) is 2.12. The van der Waals surface area contributed by atoms with Crippen LogP contribution in [0.15, 0.2) is 60.7 Å². The number of benzene rings is 2. The van der Waals surface area contributed by atoms with E-state index in [1.54, 1.807) is 16.8 Å². The number of amides is 2. The van der Waals surface area contributed by atoms with E-state index in [1.165, 1.54) is 10.6 Å². The number of hydrogen-bond acceptors (Lipinski definition) is 4. The van der Waals surface area contributed by atoms with Crippen LogP contribution >= 0.6 is 0 Å². The van der Waals surface area contributed by atoms with E-state index in [2.05, 4.69) is 12.1 Å². The number of sulfonamides is 1. The van der Waals surface area contributed by atoms with Gasteiger partial charge in [0.1, 0.15) is 6.23 Å². The molecule has 0 aromatic heterocycles. The molecule has 4 rings (SSSR count). The lowest BCUT2D eigenvalue weighted by molar-refractivity contribution is 0.000531. The molecular weight excluding hydrogens is 450 g/mol. The zero-order valence-electron chi connectivity index (χ0n) is 20.1. The monoisotopic (exact) mass is 485 g/mol. The van der Waals surface area contributed by atoms with E-state index >= 15 is 0 Å². The van der Waals surface area contributed by atoms with Gasteiger partial charge in [-0.05, 0) is 49.1 Å². The Morgan fingerprint density at radius 3 is 2.12 bits per heavy atom. The molecule has 34 heavy (non-hydrogen) atoms. The predicted molar refractivity (Wildman–Crippen MR) is 133 cm³/mol. The minimum Gasteiger partial charge on any atom is -0.373 e. The van der Waals surface area contributed by atoms with Gasteiger partial charge in [-0.2, -0.15) is 0 Å². The summed E-state index contributed by atoms with van der Waals surface area (Å²) >= 11 is 0. The maximum absolute atomic E-state index is 13.2. The standard InChI is InChI=1S/C26H35N3O4S/c1-19-25(22-12-8-5-9-13-22)29(26(31)27(19)2)24(30)18-23(20-10-6-4-7-11-20)21-14-16-28(17-15-21)34(3,32)33/h4-13,19,21,23-25,30H,14-18H2,1-3H3/t19-,23?,24?,25-/m0/s1. The summed E-state index contributed by atoms with van der Waals surface area (Å²) in [4.78, 5) is 16.5. The van der Waals surface area contributed by atoms with Crippen molar-refractivity contribution in [3.8, 4) is 0 Å². The first-order valence-electron chi connectivity index (χ1n) is 12.0. The molecule has 2 aliphatic rings. The summed E-state index contributed by atoms with van der Waals surface area (Å²) in [5.74, 6) is 0.237. The molecule has 2 amide bonds. The van der Waals surface area contributed by atoms with Gasteiger partial charge in [-0.15, -0.1) is 0 Å². The van der Waals surface area contributed by atoms with Crippen molar-refractivity contribution in [2.75, 3.05) is 26.4 Å². The Kier molecular flexibility index (Phi) is 7.31.